The average Bonchev–Trinajstić information content (AvgIpc) is 1.91. The zero-order chi connectivity index (χ0) is 6.99. The maximum Gasteiger partial charge on any atom is 0.316 e. The molecule has 0 fully saturated rings. The number of alkyl halides is 1. The first-order chi connectivity index (χ1) is 3.81. The summed E-state index contributed by atoms with van der Waals surface area (Å²) in [6.45, 7) is 1.73. The molecule has 0 N–H and O–H groups in total. The summed E-state index contributed by atoms with van der Waals surface area (Å²) in [5, 5.41) is 0. The fourth-order valence-electron chi connectivity index (χ4n) is 0.0546. The topological polar surface area (TPSA) is 26.3 Å². The van der Waals surface area contributed by atoms with Crippen LogP contribution in [-0.4, -0.2) is 11.8 Å². The molecule has 0 unspecified atom stereocenters. The lowest BCUT2D eigenvalue weighted by Crippen LogP contribution is -1.89. The van der Waals surface area contributed by atoms with E-state index in [1.807, 2.05) is 5.83 Å². The molecule has 0 aliphatic carbocycles. The first-order valence-electron chi connectivity index (χ1n) is 2.00. The summed E-state index contributed by atoms with van der Waals surface area (Å²) in [5.41, 5.74) is 0. The molecule has 0 rings (SSSR count). The van der Waals surface area contributed by atoms with Crippen LogP contribution in [-0.2, 0) is 8.62 Å². The van der Waals surface area contributed by atoms with Gasteiger partial charge in [-0.25, -0.2) is 0 Å². The summed E-state index contributed by atoms with van der Waals surface area (Å²) in [6.07, 6.45) is 0.422. The van der Waals surface area contributed by atoms with Gasteiger partial charge >= 0.3 is 5.97 Å². The third kappa shape index (κ3) is 9.66. The van der Waals surface area contributed by atoms with E-state index in [1.54, 1.807) is 6.92 Å². The second kappa shape index (κ2) is 10.4. The van der Waals surface area contributed by atoms with Crippen molar-refractivity contribution in [2.45, 2.75) is 13.3 Å². The van der Waals surface area contributed by atoms with Gasteiger partial charge in [0.2, 0.25) is 0 Å². The van der Waals surface area contributed by atoms with Crippen molar-refractivity contribution in [1.29, 1.82) is 0 Å². The summed E-state index contributed by atoms with van der Waals surface area (Å²) in [4.78, 5) is 9.91. The highest BCUT2D eigenvalue weighted by atomic mass is 79.9. The molecule has 0 amide bonds. The molecule has 4 heteroatoms. The Morgan fingerprint density at radius 1 is 1.62 bits per heavy atom. The summed E-state index contributed by atoms with van der Waals surface area (Å²) >= 11 is 5.46. The zero-order valence-electron chi connectivity index (χ0n) is 4.78. The summed E-state index contributed by atoms with van der Waals surface area (Å²) in [5.74, 6) is 1.57. The van der Waals surface area contributed by atoms with Gasteiger partial charge in [-0.1, -0.05) is 22.9 Å². The van der Waals surface area contributed by atoms with Gasteiger partial charge in [-0.3, -0.25) is 4.79 Å². The third-order valence-corrected chi connectivity index (χ3v) is 0.736. The minimum absolute atomic E-state index is 0.241. The molecule has 0 radical (unpaired) electrons. The summed E-state index contributed by atoms with van der Waals surface area (Å²) in [6, 6.07) is 0. The lowest BCUT2D eigenvalue weighted by molar-refractivity contribution is -0.131. The Hall–Kier alpha value is 0.430. The molecule has 0 aromatic rings. The Balaban J connectivity index is 0. The van der Waals surface area contributed by atoms with Crippen LogP contribution >= 0.6 is 32.2 Å². The Kier molecular flexibility index (Phi) is 14.7. The van der Waals surface area contributed by atoms with Crippen LogP contribution in [0.4, 0.5) is 0 Å². The first kappa shape index (κ1) is 11.3. The molecule has 2 nitrogen and oxygen atoms in total. The molecule has 0 aliphatic rings. The molecule has 0 spiro atoms. The zero-order valence-corrected chi connectivity index (χ0v) is 7.95. The lowest BCUT2D eigenvalue weighted by Gasteiger charge is -1.83. The second-order valence-electron chi connectivity index (χ2n) is 0.803. The van der Waals surface area contributed by atoms with Crippen molar-refractivity contribution in [3.63, 3.8) is 0 Å². The SMILES string of the molecule is CBr.CCC(=O)OBr. The molecule has 0 aromatic heterocycles. The van der Waals surface area contributed by atoms with E-state index >= 15 is 0 Å². The molecule has 0 bridgehead atoms. The van der Waals surface area contributed by atoms with Crippen LogP contribution in [0.15, 0.2) is 0 Å². The van der Waals surface area contributed by atoms with E-state index in [9.17, 15) is 4.79 Å². The van der Waals surface area contributed by atoms with Gasteiger partial charge in [0.1, 0.15) is 0 Å². The van der Waals surface area contributed by atoms with Gasteiger partial charge in [0.05, 0.1) is 0 Å². The Morgan fingerprint density at radius 3 is 2.00 bits per heavy atom. The van der Waals surface area contributed by atoms with Gasteiger partial charge in [-0.15, -0.1) is 0 Å². The number of rotatable bonds is 1. The van der Waals surface area contributed by atoms with Crippen molar-refractivity contribution in [3.05, 3.63) is 0 Å². The quantitative estimate of drug-likeness (QED) is 0.665. The molecule has 0 saturated carbocycles. The monoisotopic (exact) mass is 246 g/mol. The molecule has 0 atom stereocenters. The minimum Gasteiger partial charge on any atom is -0.384 e. The number of halogens is 2. The van der Waals surface area contributed by atoms with Crippen LogP contribution < -0.4 is 0 Å². The fourth-order valence-corrected chi connectivity index (χ4v) is 0.283. The number of hydrogen-bond donors (Lipinski definition) is 0. The first-order valence-corrected chi connectivity index (χ1v) is 4.23. The van der Waals surface area contributed by atoms with Crippen molar-refractivity contribution in [2.75, 3.05) is 5.83 Å². The van der Waals surface area contributed by atoms with Gasteiger partial charge in [0, 0.05) is 6.42 Å². The second-order valence-corrected chi connectivity index (χ2v) is 1.13. The highest BCUT2D eigenvalue weighted by molar-refractivity contribution is 9.08. The molecule has 0 saturated heterocycles. The van der Waals surface area contributed by atoms with Crippen LogP contribution in [0.25, 0.3) is 0 Å². The highest BCUT2D eigenvalue weighted by Gasteiger charge is 1.89. The van der Waals surface area contributed by atoms with Crippen molar-refractivity contribution in [1.82, 2.24) is 0 Å². The average molecular weight is 248 g/mol. The standard InChI is InChI=1S/C3H5BrO2.CH3Br/c1-2-3(5)6-4;1-2/h2H2,1H3;1H3. The van der Waals surface area contributed by atoms with Crippen LogP contribution in [0.1, 0.15) is 13.3 Å². The maximum absolute atomic E-state index is 9.91. The van der Waals surface area contributed by atoms with E-state index in [0.717, 1.165) is 0 Å². The van der Waals surface area contributed by atoms with Crippen LogP contribution in [0.3, 0.4) is 0 Å². The van der Waals surface area contributed by atoms with Crippen molar-refractivity contribution in [3.8, 4) is 0 Å². The Bertz CT molecular complexity index is 50.0. The van der Waals surface area contributed by atoms with Gasteiger partial charge < -0.3 is 3.83 Å². The van der Waals surface area contributed by atoms with Crippen LogP contribution in [0.5, 0.6) is 0 Å². The largest absolute Gasteiger partial charge is 0.384 e. The predicted molar refractivity (Wildman–Crippen MR) is 40.2 cm³/mol. The molecular weight excluding hydrogens is 240 g/mol. The van der Waals surface area contributed by atoms with Gasteiger partial charge in [0.15, 0.2) is 16.3 Å². The van der Waals surface area contributed by atoms with Crippen LogP contribution in [0.2, 0.25) is 0 Å². The van der Waals surface area contributed by atoms with E-state index in [1.165, 1.54) is 0 Å². The smallest absolute Gasteiger partial charge is 0.316 e. The molecule has 50 valence electrons. The van der Waals surface area contributed by atoms with E-state index < -0.39 is 0 Å². The lowest BCUT2D eigenvalue weighted by atomic mass is 10.5. The minimum atomic E-state index is -0.241. The van der Waals surface area contributed by atoms with E-state index in [4.69, 9.17) is 0 Å². The highest BCUT2D eigenvalue weighted by Crippen LogP contribution is 1.88. The maximum atomic E-state index is 9.91. The third-order valence-electron chi connectivity index (χ3n) is 0.375. The van der Waals surface area contributed by atoms with Gasteiger partial charge in [-0.2, -0.15) is 0 Å². The number of carbonyl (C=O) groups excluding carboxylic acids is 1. The van der Waals surface area contributed by atoms with E-state index in [0.29, 0.717) is 6.42 Å². The molecule has 8 heavy (non-hydrogen) atoms. The number of hydrogen-bond acceptors (Lipinski definition) is 2. The van der Waals surface area contributed by atoms with Crippen molar-refractivity contribution in [2.24, 2.45) is 0 Å². The van der Waals surface area contributed by atoms with E-state index in [-0.39, 0.29) is 5.97 Å². The Labute approximate surface area is 66.2 Å². The van der Waals surface area contributed by atoms with Crippen LogP contribution in [0, 0.1) is 0 Å². The molecular formula is C4H8Br2O2. The van der Waals surface area contributed by atoms with Crippen molar-refractivity contribution >= 4 is 38.2 Å². The Morgan fingerprint density at radius 2 is 2.00 bits per heavy atom. The van der Waals surface area contributed by atoms with E-state index in [2.05, 4.69) is 36.0 Å². The van der Waals surface area contributed by atoms with Gasteiger partial charge in [-0.05, 0) is 5.83 Å². The van der Waals surface area contributed by atoms with Gasteiger partial charge in [0.25, 0.3) is 0 Å². The molecule has 0 aliphatic heterocycles. The van der Waals surface area contributed by atoms with Crippen molar-refractivity contribution < 1.29 is 8.62 Å². The number of carbonyl (C=O) groups is 1. The summed E-state index contributed by atoms with van der Waals surface area (Å²) in [7, 11) is 0. The predicted octanol–water partition coefficient (Wildman–Crippen LogP) is 2.26. The normalized spacial score (nSPS) is 6.50. The summed E-state index contributed by atoms with van der Waals surface area (Å²) < 4.78 is 4.07. The molecule has 0 aromatic carbocycles. The fraction of sp³-hybridized carbons (Fsp3) is 0.750. The molecule has 0 heterocycles.